The van der Waals surface area contributed by atoms with Gasteiger partial charge >= 0.3 is 6.18 Å². The zero-order chi connectivity index (χ0) is 18.5. The van der Waals surface area contributed by atoms with Crippen molar-refractivity contribution >= 4 is 11.8 Å². The highest BCUT2D eigenvalue weighted by Crippen LogP contribution is 2.60. The van der Waals surface area contributed by atoms with Crippen LogP contribution < -0.4 is 10.9 Å². The van der Waals surface area contributed by atoms with Crippen molar-refractivity contribution < 1.29 is 22.8 Å². The van der Waals surface area contributed by atoms with Crippen molar-refractivity contribution in [1.82, 2.24) is 10.9 Å². The molecule has 0 radical (unpaired) electrons. The van der Waals surface area contributed by atoms with Gasteiger partial charge in [0.1, 0.15) is 0 Å². The summed E-state index contributed by atoms with van der Waals surface area (Å²) < 4.78 is 39.6. The summed E-state index contributed by atoms with van der Waals surface area (Å²) in [5.74, 6) is -1.80. The lowest BCUT2D eigenvalue weighted by molar-refractivity contribution is -0.198. The lowest BCUT2D eigenvalue weighted by Gasteiger charge is -2.55. The van der Waals surface area contributed by atoms with Gasteiger partial charge in [0.05, 0.1) is 17.3 Å². The molecule has 0 aromatic rings. The number of amides is 2. The summed E-state index contributed by atoms with van der Waals surface area (Å²) in [6.07, 6.45) is 3.14. The fourth-order valence-corrected chi connectivity index (χ4v) is 6.57. The van der Waals surface area contributed by atoms with E-state index < -0.39 is 29.3 Å². The van der Waals surface area contributed by atoms with Gasteiger partial charge in [0.2, 0.25) is 11.8 Å². The molecule has 5 aliphatic rings. The Labute approximate surface area is 151 Å². The van der Waals surface area contributed by atoms with Crippen molar-refractivity contribution in [3.8, 4) is 0 Å². The number of rotatable bonds is 2. The number of hydrogen-bond acceptors (Lipinski definition) is 2. The molecule has 5 fully saturated rings. The van der Waals surface area contributed by atoms with Crippen molar-refractivity contribution in [2.75, 3.05) is 0 Å². The monoisotopic (exact) mass is 372 g/mol. The Hall–Kier alpha value is -1.27. The van der Waals surface area contributed by atoms with Crippen LogP contribution in [0.4, 0.5) is 13.2 Å². The van der Waals surface area contributed by atoms with Gasteiger partial charge in [0, 0.05) is 0 Å². The number of alkyl halides is 3. The highest BCUT2D eigenvalue weighted by atomic mass is 19.4. The molecule has 146 valence electrons. The van der Waals surface area contributed by atoms with Crippen molar-refractivity contribution in [3.05, 3.63) is 0 Å². The molecule has 4 nitrogen and oxygen atoms in total. The van der Waals surface area contributed by atoms with E-state index in [9.17, 15) is 22.8 Å². The summed E-state index contributed by atoms with van der Waals surface area (Å²) in [7, 11) is 0. The predicted octanol–water partition coefficient (Wildman–Crippen LogP) is 3.72. The zero-order valence-electron chi connectivity index (χ0n) is 14.9. The van der Waals surface area contributed by atoms with Crippen LogP contribution in [0.2, 0.25) is 0 Å². The third-order valence-corrected chi connectivity index (χ3v) is 7.34. The summed E-state index contributed by atoms with van der Waals surface area (Å²) in [6.45, 7) is 0. The molecule has 5 aliphatic carbocycles. The van der Waals surface area contributed by atoms with Crippen LogP contribution in [-0.2, 0) is 9.59 Å². The Kier molecular flexibility index (Phi) is 4.47. The summed E-state index contributed by atoms with van der Waals surface area (Å²) in [4.78, 5) is 25.2. The van der Waals surface area contributed by atoms with E-state index in [1.807, 2.05) is 0 Å². The first-order valence-electron chi connectivity index (χ1n) is 9.94. The molecule has 5 rings (SSSR count). The van der Waals surface area contributed by atoms with E-state index in [4.69, 9.17) is 0 Å². The van der Waals surface area contributed by atoms with E-state index in [0.717, 1.165) is 19.3 Å². The van der Waals surface area contributed by atoms with Crippen LogP contribution in [0.5, 0.6) is 0 Å². The minimum absolute atomic E-state index is 0.00941. The van der Waals surface area contributed by atoms with Crippen LogP contribution >= 0.6 is 0 Å². The summed E-state index contributed by atoms with van der Waals surface area (Å²) in [5.41, 5.74) is 4.43. The zero-order valence-corrected chi connectivity index (χ0v) is 14.9. The van der Waals surface area contributed by atoms with E-state index in [1.54, 1.807) is 0 Å². The van der Waals surface area contributed by atoms with Crippen LogP contribution in [0, 0.1) is 35.0 Å². The highest BCUT2D eigenvalue weighted by molar-refractivity contribution is 5.87. The van der Waals surface area contributed by atoms with E-state index in [-0.39, 0.29) is 18.7 Å². The van der Waals surface area contributed by atoms with Gasteiger partial charge in [-0.05, 0) is 69.1 Å². The molecule has 4 bridgehead atoms. The van der Waals surface area contributed by atoms with E-state index >= 15 is 0 Å². The smallest absolute Gasteiger partial charge is 0.273 e. The van der Waals surface area contributed by atoms with Gasteiger partial charge in [0.25, 0.3) is 0 Å². The summed E-state index contributed by atoms with van der Waals surface area (Å²) in [6, 6.07) is 0. The van der Waals surface area contributed by atoms with Gasteiger partial charge in [-0.1, -0.05) is 12.8 Å². The second kappa shape index (κ2) is 6.41. The average molecular weight is 372 g/mol. The first-order chi connectivity index (χ1) is 12.3. The molecule has 0 unspecified atom stereocenters. The maximum Gasteiger partial charge on any atom is 0.392 e. The topological polar surface area (TPSA) is 58.2 Å². The molecule has 5 saturated carbocycles. The fraction of sp³-hybridized carbons (Fsp3) is 0.895. The third kappa shape index (κ3) is 3.22. The van der Waals surface area contributed by atoms with Gasteiger partial charge in [0.15, 0.2) is 0 Å². The molecule has 2 N–H and O–H groups in total. The molecule has 0 aromatic carbocycles. The van der Waals surface area contributed by atoms with Crippen LogP contribution in [-0.4, -0.2) is 18.0 Å². The van der Waals surface area contributed by atoms with Crippen molar-refractivity contribution in [1.29, 1.82) is 0 Å². The number of carbonyl (C=O) groups is 2. The SMILES string of the molecule is O=C(NNC(=O)C12CC3CC(CC(C3)C1)C2)[C@H]1CCCC[C@H]1C(F)(F)F. The molecule has 0 saturated heterocycles. The minimum Gasteiger partial charge on any atom is -0.273 e. The summed E-state index contributed by atoms with van der Waals surface area (Å²) >= 11 is 0. The van der Waals surface area contributed by atoms with Gasteiger partial charge in [-0.2, -0.15) is 13.2 Å². The van der Waals surface area contributed by atoms with Crippen molar-refractivity contribution in [2.24, 2.45) is 35.0 Å². The molecule has 0 heterocycles. The first-order valence-corrected chi connectivity index (χ1v) is 9.94. The predicted molar refractivity (Wildman–Crippen MR) is 88.4 cm³/mol. The molecule has 2 amide bonds. The standard InChI is InChI=1S/C19H27F3N2O2/c20-19(21,22)15-4-2-1-3-14(15)16(25)23-24-17(26)18-8-11-5-12(9-18)7-13(6-11)10-18/h11-15H,1-10H2,(H,23,25)(H,24,26)/t11?,12?,13?,14-,15+,18?/m0/s1. The lowest BCUT2D eigenvalue weighted by Crippen LogP contribution is -2.58. The fourth-order valence-electron chi connectivity index (χ4n) is 6.57. The van der Waals surface area contributed by atoms with Gasteiger partial charge in [-0.15, -0.1) is 0 Å². The number of carbonyl (C=O) groups excluding carboxylic acids is 2. The van der Waals surface area contributed by atoms with E-state index in [0.29, 0.717) is 30.6 Å². The quantitative estimate of drug-likeness (QED) is 0.726. The Bertz CT molecular complexity index is 555. The van der Waals surface area contributed by atoms with Gasteiger partial charge in [-0.25, -0.2) is 0 Å². The molecule has 0 aromatic heterocycles. The Balaban J connectivity index is 1.37. The van der Waals surface area contributed by atoms with Crippen molar-refractivity contribution in [2.45, 2.75) is 70.4 Å². The van der Waals surface area contributed by atoms with Gasteiger partial charge < -0.3 is 0 Å². The summed E-state index contributed by atoms with van der Waals surface area (Å²) in [5, 5.41) is 0. The molecule has 0 spiro atoms. The molecular weight excluding hydrogens is 345 g/mol. The van der Waals surface area contributed by atoms with Crippen LogP contribution in [0.25, 0.3) is 0 Å². The van der Waals surface area contributed by atoms with Gasteiger partial charge in [-0.3, -0.25) is 20.4 Å². The maximum atomic E-state index is 13.2. The second-order valence-electron chi connectivity index (χ2n) is 9.18. The van der Waals surface area contributed by atoms with Crippen LogP contribution in [0.3, 0.4) is 0 Å². The first kappa shape index (κ1) is 18.1. The second-order valence-corrected chi connectivity index (χ2v) is 9.18. The van der Waals surface area contributed by atoms with Crippen molar-refractivity contribution in [3.63, 3.8) is 0 Å². The number of hydrogen-bond donors (Lipinski definition) is 2. The third-order valence-electron chi connectivity index (χ3n) is 7.34. The largest absolute Gasteiger partial charge is 0.392 e. The molecule has 0 aliphatic heterocycles. The highest BCUT2D eigenvalue weighted by Gasteiger charge is 2.55. The van der Waals surface area contributed by atoms with E-state index in [2.05, 4.69) is 10.9 Å². The average Bonchev–Trinajstić information content (AvgIpc) is 2.57. The lowest BCUT2D eigenvalue weighted by atomic mass is 9.49. The minimum atomic E-state index is -4.37. The Morgan fingerprint density at radius 2 is 1.38 bits per heavy atom. The molecule has 7 heteroatoms. The Morgan fingerprint density at radius 3 is 1.92 bits per heavy atom. The normalized spacial score (nSPS) is 41.7. The molecular formula is C19H27F3N2O2. The number of nitrogens with one attached hydrogen (secondary N) is 2. The maximum absolute atomic E-state index is 13.2. The number of halogens is 3. The van der Waals surface area contributed by atoms with Crippen LogP contribution in [0.15, 0.2) is 0 Å². The van der Waals surface area contributed by atoms with Crippen LogP contribution in [0.1, 0.15) is 64.2 Å². The molecule has 26 heavy (non-hydrogen) atoms. The number of hydrazine groups is 1. The Morgan fingerprint density at radius 1 is 0.846 bits per heavy atom. The molecule has 2 atom stereocenters. The van der Waals surface area contributed by atoms with E-state index in [1.165, 1.54) is 19.3 Å².